The average Bonchev–Trinajstić information content (AvgIpc) is 2.68. The third kappa shape index (κ3) is 3.65. The molecule has 10 heteroatoms. The molecule has 3 aromatic rings. The first-order valence-electron chi connectivity index (χ1n) is 9.19. The summed E-state index contributed by atoms with van der Waals surface area (Å²) in [6.45, 7) is 3.00. The van der Waals surface area contributed by atoms with Crippen LogP contribution in [0.3, 0.4) is 0 Å². The van der Waals surface area contributed by atoms with Gasteiger partial charge in [0.2, 0.25) is 0 Å². The Morgan fingerprint density at radius 3 is 2.39 bits per heavy atom. The first kappa shape index (κ1) is 20.6. The Kier molecular flexibility index (Phi) is 4.79. The summed E-state index contributed by atoms with van der Waals surface area (Å²) in [4.78, 5) is 34.0. The Morgan fingerprint density at radius 2 is 1.74 bits per heavy atom. The maximum Gasteiger partial charge on any atom is 0.416 e. The van der Waals surface area contributed by atoms with Crippen LogP contribution in [0.15, 0.2) is 47.4 Å². The maximum absolute atomic E-state index is 13.6. The summed E-state index contributed by atoms with van der Waals surface area (Å²) in [5.74, 6) is -0.893. The Hall–Kier alpha value is -3.69. The van der Waals surface area contributed by atoms with E-state index in [1.807, 2.05) is 0 Å². The number of nitrogens with one attached hydrogen (secondary N) is 1. The fourth-order valence-electron chi connectivity index (χ4n) is 3.59. The van der Waals surface area contributed by atoms with Gasteiger partial charge in [0.05, 0.1) is 28.7 Å². The van der Waals surface area contributed by atoms with Crippen LogP contribution in [0.1, 0.15) is 27.2 Å². The summed E-state index contributed by atoms with van der Waals surface area (Å²) in [6.07, 6.45) is -3.58. The zero-order chi connectivity index (χ0) is 22.5. The van der Waals surface area contributed by atoms with E-state index < -0.39 is 29.0 Å². The van der Waals surface area contributed by atoms with Crippen LogP contribution in [-0.2, 0) is 6.18 Å². The number of amides is 1. The molecule has 1 aromatic heterocycles. The van der Waals surface area contributed by atoms with Crippen molar-refractivity contribution in [3.8, 4) is 0 Å². The number of hydrogen-bond acceptors (Lipinski definition) is 4. The van der Waals surface area contributed by atoms with E-state index in [2.05, 4.69) is 9.97 Å². The lowest BCUT2D eigenvalue weighted by molar-refractivity contribution is -0.137. The fourth-order valence-corrected chi connectivity index (χ4v) is 3.59. The van der Waals surface area contributed by atoms with Crippen LogP contribution in [0.4, 0.5) is 34.8 Å². The number of carbonyl (C=O) groups is 1. The zero-order valence-electron chi connectivity index (χ0n) is 16.4. The molecule has 1 N–H and O–H groups in total. The summed E-state index contributed by atoms with van der Waals surface area (Å²) < 4.78 is 53.7. The third-order valence-electron chi connectivity index (χ3n) is 5.03. The summed E-state index contributed by atoms with van der Waals surface area (Å²) in [5.41, 5.74) is -0.0524. The maximum atomic E-state index is 13.6. The molecule has 0 fully saturated rings. The van der Waals surface area contributed by atoms with E-state index in [1.165, 1.54) is 28.0 Å². The molecule has 2 heterocycles. The van der Waals surface area contributed by atoms with Crippen molar-refractivity contribution in [2.45, 2.75) is 20.0 Å². The number of nitrogens with zero attached hydrogens (tertiary/aromatic N) is 3. The van der Waals surface area contributed by atoms with Gasteiger partial charge >= 0.3 is 6.18 Å². The summed E-state index contributed by atoms with van der Waals surface area (Å²) >= 11 is 0. The van der Waals surface area contributed by atoms with E-state index in [0.717, 1.165) is 24.4 Å². The standard InChI is InChI=1S/C21H16F4N4O2/c1-11-7-14(22)4-6-16(11)28-10-29(19-12(2)27-18(30)9-26-19)20(31)15-5-3-13(8-17(15)28)21(23,24)25/h3-9H,10H2,1-2H3,(H,27,30). The van der Waals surface area contributed by atoms with Crippen molar-refractivity contribution in [2.24, 2.45) is 0 Å². The number of rotatable bonds is 2. The molecule has 0 saturated carbocycles. The van der Waals surface area contributed by atoms with E-state index >= 15 is 0 Å². The van der Waals surface area contributed by atoms with Crippen LogP contribution in [0.5, 0.6) is 0 Å². The number of halogens is 4. The highest BCUT2D eigenvalue weighted by Crippen LogP contribution is 2.40. The van der Waals surface area contributed by atoms with E-state index in [-0.39, 0.29) is 23.7 Å². The molecule has 0 atom stereocenters. The predicted octanol–water partition coefficient (Wildman–Crippen LogP) is 4.30. The number of carbonyl (C=O) groups excluding carboxylic acids is 1. The number of aryl methyl sites for hydroxylation is 2. The number of aromatic nitrogens is 2. The molecule has 0 saturated heterocycles. The van der Waals surface area contributed by atoms with Gasteiger partial charge in [-0.1, -0.05) is 0 Å². The summed E-state index contributed by atoms with van der Waals surface area (Å²) in [5, 5.41) is 0. The van der Waals surface area contributed by atoms with Gasteiger partial charge in [-0.2, -0.15) is 13.2 Å². The lowest BCUT2D eigenvalue weighted by atomic mass is 10.0. The number of aromatic amines is 1. The van der Waals surface area contributed by atoms with Gasteiger partial charge in [0.15, 0.2) is 5.82 Å². The average molecular weight is 432 g/mol. The quantitative estimate of drug-likeness (QED) is 0.613. The van der Waals surface area contributed by atoms with Gasteiger partial charge in [0, 0.05) is 5.69 Å². The van der Waals surface area contributed by atoms with Crippen LogP contribution < -0.4 is 15.4 Å². The van der Waals surface area contributed by atoms with Crippen molar-refractivity contribution in [1.29, 1.82) is 0 Å². The Labute approximate surface area is 173 Å². The SMILES string of the molecule is Cc1cc(F)ccc1N1CN(c2ncc(=O)[nH]c2C)C(=O)c2ccc(C(F)(F)F)cc21. The summed E-state index contributed by atoms with van der Waals surface area (Å²) in [6, 6.07) is 6.74. The van der Waals surface area contributed by atoms with Crippen LogP contribution in [0, 0.1) is 19.7 Å². The topological polar surface area (TPSA) is 69.3 Å². The van der Waals surface area contributed by atoms with Crippen molar-refractivity contribution < 1.29 is 22.4 Å². The molecular weight excluding hydrogens is 416 g/mol. The van der Waals surface area contributed by atoms with Gasteiger partial charge < -0.3 is 9.88 Å². The molecule has 1 amide bonds. The largest absolute Gasteiger partial charge is 0.416 e. The molecule has 0 aliphatic carbocycles. The van der Waals surface area contributed by atoms with Gasteiger partial charge in [-0.05, 0) is 55.8 Å². The number of fused-ring (bicyclic) bond motifs is 1. The first-order valence-corrected chi connectivity index (χ1v) is 9.19. The lowest BCUT2D eigenvalue weighted by Crippen LogP contribution is -2.46. The zero-order valence-corrected chi connectivity index (χ0v) is 16.4. The van der Waals surface area contributed by atoms with E-state index in [4.69, 9.17) is 0 Å². The van der Waals surface area contributed by atoms with Gasteiger partial charge in [-0.3, -0.25) is 14.5 Å². The molecule has 31 heavy (non-hydrogen) atoms. The number of anilines is 3. The second-order valence-corrected chi connectivity index (χ2v) is 7.16. The van der Waals surface area contributed by atoms with Crippen molar-refractivity contribution in [3.63, 3.8) is 0 Å². The van der Waals surface area contributed by atoms with Gasteiger partial charge in [-0.25, -0.2) is 9.37 Å². The number of H-pyrrole nitrogens is 1. The van der Waals surface area contributed by atoms with Gasteiger partial charge in [0.25, 0.3) is 11.5 Å². The van der Waals surface area contributed by atoms with E-state index in [9.17, 15) is 27.2 Å². The third-order valence-corrected chi connectivity index (χ3v) is 5.03. The molecule has 0 unspecified atom stereocenters. The number of hydrogen-bond donors (Lipinski definition) is 1. The van der Waals surface area contributed by atoms with E-state index in [1.54, 1.807) is 13.8 Å². The normalized spacial score (nSPS) is 14.1. The highest BCUT2D eigenvalue weighted by atomic mass is 19.4. The fraction of sp³-hybridized carbons (Fsp3) is 0.190. The molecule has 6 nitrogen and oxygen atoms in total. The smallest absolute Gasteiger partial charge is 0.322 e. The highest BCUT2D eigenvalue weighted by Gasteiger charge is 2.37. The molecular formula is C21H16F4N4O2. The lowest BCUT2D eigenvalue weighted by Gasteiger charge is -2.38. The minimum absolute atomic E-state index is 0.0235. The van der Waals surface area contributed by atoms with Crippen molar-refractivity contribution in [1.82, 2.24) is 9.97 Å². The second-order valence-electron chi connectivity index (χ2n) is 7.16. The Morgan fingerprint density at radius 1 is 1.00 bits per heavy atom. The molecule has 0 spiro atoms. The van der Waals surface area contributed by atoms with Gasteiger partial charge in [-0.15, -0.1) is 0 Å². The molecule has 1 aliphatic heterocycles. The molecule has 0 radical (unpaired) electrons. The van der Waals surface area contributed by atoms with Crippen LogP contribution in [0.2, 0.25) is 0 Å². The van der Waals surface area contributed by atoms with Crippen molar-refractivity contribution in [2.75, 3.05) is 16.5 Å². The van der Waals surface area contributed by atoms with Crippen LogP contribution in [0.25, 0.3) is 0 Å². The second kappa shape index (κ2) is 7.22. The number of benzene rings is 2. The summed E-state index contributed by atoms with van der Waals surface area (Å²) in [7, 11) is 0. The minimum Gasteiger partial charge on any atom is -0.322 e. The molecule has 2 aromatic carbocycles. The number of alkyl halides is 3. The highest BCUT2D eigenvalue weighted by molar-refractivity contribution is 6.12. The van der Waals surface area contributed by atoms with Gasteiger partial charge in [0.1, 0.15) is 12.5 Å². The van der Waals surface area contributed by atoms with Crippen molar-refractivity contribution >= 4 is 23.1 Å². The molecule has 0 bridgehead atoms. The first-order chi connectivity index (χ1) is 14.6. The molecule has 1 aliphatic rings. The predicted molar refractivity (Wildman–Crippen MR) is 106 cm³/mol. The van der Waals surface area contributed by atoms with Crippen LogP contribution >= 0.6 is 0 Å². The Bertz CT molecular complexity index is 1250. The monoisotopic (exact) mass is 432 g/mol. The Balaban J connectivity index is 1.93. The molecule has 4 rings (SSSR count). The van der Waals surface area contributed by atoms with Crippen LogP contribution in [-0.4, -0.2) is 22.5 Å². The van der Waals surface area contributed by atoms with E-state index in [0.29, 0.717) is 16.9 Å². The molecule has 160 valence electrons. The van der Waals surface area contributed by atoms with Crippen molar-refractivity contribution in [3.05, 3.63) is 81.2 Å². The minimum atomic E-state index is -4.60.